The van der Waals surface area contributed by atoms with Crippen molar-refractivity contribution in [3.63, 3.8) is 0 Å². The zero-order chi connectivity index (χ0) is 20.1. The molecule has 1 aliphatic heterocycles. The van der Waals surface area contributed by atoms with Crippen molar-refractivity contribution in [2.75, 3.05) is 18.4 Å². The van der Waals surface area contributed by atoms with E-state index < -0.39 is 23.9 Å². The number of aliphatic carboxylic acids is 4. The Morgan fingerprint density at radius 1 is 0.962 bits per heavy atom. The Kier molecular flexibility index (Phi) is 11.4. The first-order valence-electron chi connectivity index (χ1n) is 7.28. The molecular formula is C15H19BrN2O8. The molecule has 1 aliphatic rings. The number of hydrogen-bond acceptors (Lipinski definition) is 6. The molecule has 0 aromatic heterocycles. The first kappa shape index (κ1) is 23.3. The first-order valence-corrected chi connectivity index (χ1v) is 8.08. The van der Waals surface area contributed by atoms with Crippen molar-refractivity contribution in [3.05, 3.63) is 28.7 Å². The van der Waals surface area contributed by atoms with E-state index in [-0.39, 0.29) is 0 Å². The van der Waals surface area contributed by atoms with Gasteiger partial charge in [0.25, 0.3) is 0 Å². The number of carbonyl (C=O) groups is 4. The van der Waals surface area contributed by atoms with Crippen LogP contribution in [0.3, 0.4) is 0 Å². The van der Waals surface area contributed by atoms with E-state index in [1.807, 2.05) is 0 Å². The molecular weight excluding hydrogens is 416 g/mol. The van der Waals surface area contributed by atoms with Gasteiger partial charge in [-0.3, -0.25) is 0 Å². The number of carboxylic acid groups (broad SMARTS) is 4. The van der Waals surface area contributed by atoms with Gasteiger partial charge in [0, 0.05) is 22.7 Å². The van der Waals surface area contributed by atoms with E-state index in [9.17, 15) is 0 Å². The standard InChI is InChI=1S/C11H15BrN2.2C2H2O4/c12-9-3-5-10(6-4-9)14-8-11-2-1-7-13-11;2*3-1(4)2(5)6/h3-6,11,13-14H,1-2,7-8H2;2*(H,3,4)(H,5,6). The lowest BCUT2D eigenvalue weighted by Crippen LogP contribution is -2.29. The van der Waals surface area contributed by atoms with Crippen LogP contribution < -0.4 is 10.6 Å². The van der Waals surface area contributed by atoms with Gasteiger partial charge in [-0.2, -0.15) is 0 Å². The number of benzene rings is 1. The van der Waals surface area contributed by atoms with Gasteiger partial charge in [0.1, 0.15) is 0 Å². The highest BCUT2D eigenvalue weighted by molar-refractivity contribution is 9.10. The molecule has 1 atom stereocenters. The Balaban J connectivity index is 0.000000437. The van der Waals surface area contributed by atoms with Crippen LogP contribution in [-0.2, 0) is 19.2 Å². The molecule has 144 valence electrons. The molecule has 0 bridgehead atoms. The second kappa shape index (κ2) is 12.7. The molecule has 0 radical (unpaired) electrons. The maximum absolute atomic E-state index is 9.10. The summed E-state index contributed by atoms with van der Waals surface area (Å²) in [4.78, 5) is 36.4. The third-order valence-corrected chi connectivity index (χ3v) is 3.45. The fraction of sp³-hybridized carbons (Fsp3) is 0.333. The number of rotatable bonds is 3. The second-order valence-electron chi connectivity index (χ2n) is 4.90. The van der Waals surface area contributed by atoms with Crippen LogP contribution in [0.15, 0.2) is 28.7 Å². The highest BCUT2D eigenvalue weighted by atomic mass is 79.9. The molecule has 1 aromatic carbocycles. The monoisotopic (exact) mass is 434 g/mol. The minimum atomic E-state index is -1.82. The fourth-order valence-corrected chi connectivity index (χ4v) is 2.00. The zero-order valence-corrected chi connectivity index (χ0v) is 15.1. The van der Waals surface area contributed by atoms with Crippen LogP contribution in [0.2, 0.25) is 0 Å². The molecule has 6 N–H and O–H groups in total. The van der Waals surface area contributed by atoms with Crippen LogP contribution in [0.25, 0.3) is 0 Å². The molecule has 11 heteroatoms. The van der Waals surface area contributed by atoms with Crippen LogP contribution in [0.5, 0.6) is 0 Å². The van der Waals surface area contributed by atoms with Crippen molar-refractivity contribution < 1.29 is 39.6 Å². The Morgan fingerprint density at radius 3 is 1.77 bits per heavy atom. The third kappa shape index (κ3) is 11.8. The third-order valence-electron chi connectivity index (χ3n) is 2.93. The van der Waals surface area contributed by atoms with Gasteiger partial charge in [-0.1, -0.05) is 15.9 Å². The fourth-order valence-electron chi connectivity index (χ4n) is 1.74. The van der Waals surface area contributed by atoms with Gasteiger partial charge in [0.15, 0.2) is 0 Å². The lowest BCUT2D eigenvalue weighted by Gasteiger charge is -2.12. The number of carboxylic acids is 4. The number of halogens is 1. The summed E-state index contributed by atoms with van der Waals surface area (Å²) in [5.74, 6) is -7.30. The molecule has 10 nitrogen and oxygen atoms in total. The van der Waals surface area contributed by atoms with E-state index in [2.05, 4.69) is 50.8 Å². The molecule has 1 aromatic rings. The highest BCUT2D eigenvalue weighted by Gasteiger charge is 2.12. The van der Waals surface area contributed by atoms with Crippen LogP contribution in [0.1, 0.15) is 12.8 Å². The number of hydrogen-bond donors (Lipinski definition) is 6. The minimum absolute atomic E-state index is 0.652. The first-order chi connectivity index (χ1) is 12.1. The summed E-state index contributed by atoms with van der Waals surface area (Å²) in [6, 6.07) is 8.96. The molecule has 26 heavy (non-hydrogen) atoms. The van der Waals surface area contributed by atoms with E-state index in [1.165, 1.54) is 25.1 Å². The van der Waals surface area contributed by atoms with Gasteiger partial charge in [-0.15, -0.1) is 0 Å². The summed E-state index contributed by atoms with van der Waals surface area (Å²) in [6.45, 7) is 2.20. The van der Waals surface area contributed by atoms with Crippen LogP contribution >= 0.6 is 15.9 Å². The molecule has 0 saturated carbocycles. The molecule has 0 aliphatic carbocycles. The van der Waals surface area contributed by atoms with E-state index in [1.54, 1.807) is 0 Å². The van der Waals surface area contributed by atoms with Gasteiger partial charge < -0.3 is 31.1 Å². The molecule has 1 unspecified atom stereocenters. The molecule has 0 spiro atoms. The lowest BCUT2D eigenvalue weighted by atomic mass is 10.2. The molecule has 1 saturated heterocycles. The zero-order valence-electron chi connectivity index (χ0n) is 13.5. The van der Waals surface area contributed by atoms with E-state index in [0.717, 1.165) is 11.0 Å². The largest absolute Gasteiger partial charge is 0.473 e. The normalized spacial score (nSPS) is 14.7. The summed E-state index contributed by atoms with van der Waals surface area (Å²) >= 11 is 3.42. The second-order valence-corrected chi connectivity index (χ2v) is 5.82. The lowest BCUT2D eigenvalue weighted by molar-refractivity contribution is -0.159. The summed E-state index contributed by atoms with van der Waals surface area (Å²) in [7, 11) is 0. The molecule has 1 fully saturated rings. The van der Waals surface area contributed by atoms with Gasteiger partial charge in [0.2, 0.25) is 0 Å². The van der Waals surface area contributed by atoms with Crippen molar-refractivity contribution in [1.29, 1.82) is 0 Å². The van der Waals surface area contributed by atoms with E-state index in [4.69, 9.17) is 39.6 Å². The van der Waals surface area contributed by atoms with Crippen molar-refractivity contribution in [3.8, 4) is 0 Å². The Bertz CT molecular complexity index is 567. The van der Waals surface area contributed by atoms with Gasteiger partial charge in [0.05, 0.1) is 0 Å². The predicted octanol–water partition coefficient (Wildman–Crippen LogP) is 0.924. The number of anilines is 1. The van der Waals surface area contributed by atoms with Gasteiger partial charge in [-0.05, 0) is 43.7 Å². The van der Waals surface area contributed by atoms with Crippen LogP contribution in [0.4, 0.5) is 5.69 Å². The topological polar surface area (TPSA) is 173 Å². The average Bonchev–Trinajstić information content (AvgIpc) is 3.09. The van der Waals surface area contributed by atoms with Gasteiger partial charge >= 0.3 is 23.9 Å². The Labute approximate surface area is 157 Å². The maximum Gasteiger partial charge on any atom is 0.414 e. The Hall–Kier alpha value is -2.66. The van der Waals surface area contributed by atoms with Crippen LogP contribution in [-0.4, -0.2) is 63.4 Å². The molecule has 1 heterocycles. The van der Waals surface area contributed by atoms with Crippen molar-refractivity contribution >= 4 is 45.5 Å². The Morgan fingerprint density at radius 2 is 1.42 bits per heavy atom. The summed E-state index contributed by atoms with van der Waals surface area (Å²) in [5, 5.41) is 36.5. The van der Waals surface area contributed by atoms with Crippen molar-refractivity contribution in [1.82, 2.24) is 5.32 Å². The predicted molar refractivity (Wildman–Crippen MR) is 94.2 cm³/mol. The summed E-state index contributed by atoms with van der Waals surface area (Å²) in [6.07, 6.45) is 2.61. The highest BCUT2D eigenvalue weighted by Crippen LogP contribution is 2.14. The average molecular weight is 435 g/mol. The number of nitrogens with one attached hydrogen (secondary N) is 2. The maximum atomic E-state index is 9.10. The van der Waals surface area contributed by atoms with E-state index in [0.29, 0.717) is 6.04 Å². The molecule has 0 amide bonds. The molecule has 2 rings (SSSR count). The van der Waals surface area contributed by atoms with Crippen molar-refractivity contribution in [2.45, 2.75) is 18.9 Å². The van der Waals surface area contributed by atoms with Crippen LogP contribution in [0, 0.1) is 0 Å². The smallest absolute Gasteiger partial charge is 0.414 e. The minimum Gasteiger partial charge on any atom is -0.473 e. The quantitative estimate of drug-likeness (QED) is 0.375. The summed E-state index contributed by atoms with van der Waals surface area (Å²) in [5.41, 5.74) is 1.20. The van der Waals surface area contributed by atoms with E-state index >= 15 is 0 Å². The van der Waals surface area contributed by atoms with Gasteiger partial charge in [-0.25, -0.2) is 19.2 Å². The SMILES string of the molecule is Brc1ccc(NCC2CCCN2)cc1.O=C(O)C(=O)O.O=C(O)C(=O)O. The van der Waals surface area contributed by atoms with Crippen molar-refractivity contribution in [2.24, 2.45) is 0 Å². The summed E-state index contributed by atoms with van der Waals surface area (Å²) < 4.78 is 1.13.